The van der Waals surface area contributed by atoms with Gasteiger partial charge in [-0.05, 0) is 12.1 Å². The van der Waals surface area contributed by atoms with E-state index in [9.17, 15) is 9.59 Å². The van der Waals surface area contributed by atoms with Gasteiger partial charge in [-0.2, -0.15) is 0 Å². The van der Waals surface area contributed by atoms with Crippen molar-refractivity contribution in [2.24, 2.45) is 0 Å². The number of fused-ring (bicyclic) bond motifs is 1. The van der Waals surface area contributed by atoms with Gasteiger partial charge in [0.25, 0.3) is 0 Å². The van der Waals surface area contributed by atoms with Crippen molar-refractivity contribution in [3.8, 4) is 0 Å². The predicted octanol–water partition coefficient (Wildman–Crippen LogP) is 2.81. The van der Waals surface area contributed by atoms with Gasteiger partial charge in [0.15, 0.2) is 5.78 Å². The summed E-state index contributed by atoms with van der Waals surface area (Å²) in [6, 6.07) is 3.18. The normalized spacial score (nSPS) is 14.5. The highest BCUT2D eigenvalue weighted by Gasteiger charge is 2.22. The number of ketones is 1. The highest BCUT2D eigenvalue weighted by atomic mass is 35.5. The molecule has 3 nitrogen and oxygen atoms in total. The van der Waals surface area contributed by atoms with Crippen LogP contribution >= 0.6 is 23.4 Å². The van der Waals surface area contributed by atoms with E-state index in [1.165, 1.54) is 7.11 Å². The minimum absolute atomic E-state index is 0.0760. The van der Waals surface area contributed by atoms with Crippen LogP contribution in [-0.4, -0.2) is 24.6 Å². The summed E-state index contributed by atoms with van der Waals surface area (Å²) < 4.78 is 4.62. The molecule has 1 aromatic carbocycles. The molecule has 0 spiro atoms. The van der Waals surface area contributed by atoms with Gasteiger partial charge in [0.2, 0.25) is 0 Å². The highest BCUT2D eigenvalue weighted by Crippen LogP contribution is 2.34. The molecule has 0 amide bonds. The van der Waals surface area contributed by atoms with Gasteiger partial charge < -0.3 is 4.74 Å². The Kier molecular flexibility index (Phi) is 3.21. The first-order chi connectivity index (χ1) is 7.63. The number of rotatable bonds is 1. The Bertz CT molecular complexity index is 471. The Morgan fingerprint density at radius 1 is 1.50 bits per heavy atom. The lowest BCUT2D eigenvalue weighted by Crippen LogP contribution is -2.11. The number of benzene rings is 1. The van der Waals surface area contributed by atoms with Crippen molar-refractivity contribution in [2.75, 3.05) is 12.9 Å². The van der Waals surface area contributed by atoms with E-state index in [2.05, 4.69) is 4.74 Å². The van der Waals surface area contributed by atoms with Crippen LogP contribution in [-0.2, 0) is 4.74 Å². The first kappa shape index (κ1) is 11.5. The van der Waals surface area contributed by atoms with E-state index in [1.54, 1.807) is 23.9 Å². The lowest BCUT2D eigenvalue weighted by molar-refractivity contribution is 0.0600. The van der Waals surface area contributed by atoms with Gasteiger partial charge in [-0.3, -0.25) is 4.79 Å². The molecule has 0 atom stereocenters. The number of Topliss-reactive ketones (excluding diaryl/α,β-unsaturated/α-hetero) is 1. The molecule has 0 aliphatic carbocycles. The molecule has 0 radical (unpaired) electrons. The molecule has 1 aromatic rings. The Morgan fingerprint density at radius 2 is 2.25 bits per heavy atom. The van der Waals surface area contributed by atoms with E-state index in [0.29, 0.717) is 17.5 Å². The fourth-order valence-corrected chi connectivity index (χ4v) is 2.82. The van der Waals surface area contributed by atoms with Crippen LogP contribution in [0.3, 0.4) is 0 Å². The van der Waals surface area contributed by atoms with Crippen LogP contribution in [0.25, 0.3) is 0 Å². The maximum atomic E-state index is 11.6. The molecular weight excluding hydrogens is 248 g/mol. The molecule has 0 aromatic heterocycles. The van der Waals surface area contributed by atoms with Gasteiger partial charge in [-0.25, -0.2) is 4.79 Å². The fourth-order valence-electron chi connectivity index (χ4n) is 1.55. The second kappa shape index (κ2) is 4.47. The second-order valence-corrected chi connectivity index (χ2v) is 4.89. The summed E-state index contributed by atoms with van der Waals surface area (Å²) in [4.78, 5) is 23.8. The molecule has 1 aliphatic rings. The standard InChI is InChI=1S/C11H9ClO3S/c1-15-11(14)6-5-10-7(4-8(6)12)9(13)2-3-16-10/h4-5H,2-3H2,1H3. The topological polar surface area (TPSA) is 43.4 Å². The largest absolute Gasteiger partial charge is 0.465 e. The maximum absolute atomic E-state index is 11.6. The minimum Gasteiger partial charge on any atom is -0.465 e. The van der Waals surface area contributed by atoms with Crippen molar-refractivity contribution in [1.82, 2.24) is 0 Å². The third kappa shape index (κ3) is 1.95. The Hall–Kier alpha value is -1.000. The quantitative estimate of drug-likeness (QED) is 0.725. The summed E-state index contributed by atoms with van der Waals surface area (Å²) >= 11 is 7.49. The predicted molar refractivity (Wildman–Crippen MR) is 62.5 cm³/mol. The zero-order valence-electron chi connectivity index (χ0n) is 8.58. The van der Waals surface area contributed by atoms with Crippen molar-refractivity contribution < 1.29 is 14.3 Å². The molecule has 1 heterocycles. The second-order valence-electron chi connectivity index (χ2n) is 3.34. The lowest BCUT2D eigenvalue weighted by Gasteiger charge is -2.15. The molecule has 1 aliphatic heterocycles. The van der Waals surface area contributed by atoms with Crippen LogP contribution in [0, 0.1) is 0 Å². The number of carbonyl (C=O) groups is 2. The maximum Gasteiger partial charge on any atom is 0.339 e. The van der Waals surface area contributed by atoms with Crippen molar-refractivity contribution in [1.29, 1.82) is 0 Å². The van der Waals surface area contributed by atoms with Crippen LogP contribution in [0.5, 0.6) is 0 Å². The number of hydrogen-bond acceptors (Lipinski definition) is 4. The highest BCUT2D eigenvalue weighted by molar-refractivity contribution is 7.99. The first-order valence-electron chi connectivity index (χ1n) is 4.71. The van der Waals surface area contributed by atoms with E-state index < -0.39 is 5.97 Å². The number of thioether (sulfide) groups is 1. The van der Waals surface area contributed by atoms with Crippen LogP contribution < -0.4 is 0 Å². The van der Waals surface area contributed by atoms with Crippen molar-refractivity contribution >= 4 is 35.1 Å². The Balaban J connectivity index is 2.52. The van der Waals surface area contributed by atoms with Crippen LogP contribution in [0.1, 0.15) is 27.1 Å². The lowest BCUT2D eigenvalue weighted by atomic mass is 10.1. The summed E-state index contributed by atoms with van der Waals surface area (Å²) in [6.45, 7) is 0. The van der Waals surface area contributed by atoms with Crippen LogP contribution in [0.4, 0.5) is 0 Å². The Morgan fingerprint density at radius 3 is 2.94 bits per heavy atom. The number of ether oxygens (including phenoxy) is 1. The average Bonchev–Trinajstić information content (AvgIpc) is 2.29. The van der Waals surface area contributed by atoms with Crippen LogP contribution in [0.2, 0.25) is 5.02 Å². The zero-order valence-corrected chi connectivity index (χ0v) is 10.2. The average molecular weight is 257 g/mol. The van der Waals surface area contributed by atoms with Gasteiger partial charge in [0.1, 0.15) is 0 Å². The third-order valence-corrected chi connectivity index (χ3v) is 3.73. The molecule has 0 bridgehead atoms. The molecule has 0 fully saturated rings. The van der Waals surface area contributed by atoms with Crippen molar-refractivity contribution in [2.45, 2.75) is 11.3 Å². The van der Waals surface area contributed by atoms with E-state index >= 15 is 0 Å². The monoisotopic (exact) mass is 256 g/mol. The van der Waals surface area contributed by atoms with Gasteiger partial charge in [-0.15, -0.1) is 11.8 Å². The molecular formula is C11H9ClO3S. The van der Waals surface area contributed by atoms with Gasteiger partial charge >= 0.3 is 5.97 Å². The van der Waals surface area contributed by atoms with Crippen molar-refractivity contribution in [3.05, 3.63) is 28.3 Å². The van der Waals surface area contributed by atoms with Gasteiger partial charge in [0, 0.05) is 22.6 Å². The molecule has 2 rings (SSSR count). The third-order valence-electron chi connectivity index (χ3n) is 2.36. The van der Waals surface area contributed by atoms with Crippen LogP contribution in [0.15, 0.2) is 17.0 Å². The summed E-state index contributed by atoms with van der Waals surface area (Å²) in [5.74, 6) is 0.340. The van der Waals surface area contributed by atoms with E-state index in [1.807, 2.05) is 0 Å². The summed E-state index contributed by atoms with van der Waals surface area (Å²) in [7, 11) is 1.30. The molecule has 0 unspecified atom stereocenters. The SMILES string of the molecule is COC(=O)c1cc2c(cc1Cl)C(=O)CCS2. The van der Waals surface area contributed by atoms with E-state index in [-0.39, 0.29) is 10.8 Å². The number of halogens is 1. The minimum atomic E-state index is -0.480. The van der Waals surface area contributed by atoms with E-state index in [0.717, 1.165) is 10.6 Å². The number of methoxy groups -OCH3 is 1. The molecule has 0 saturated carbocycles. The first-order valence-corrected chi connectivity index (χ1v) is 6.07. The zero-order chi connectivity index (χ0) is 11.7. The molecule has 0 saturated heterocycles. The number of carbonyl (C=O) groups excluding carboxylic acids is 2. The Labute approximate surface area is 102 Å². The molecule has 16 heavy (non-hydrogen) atoms. The number of esters is 1. The fraction of sp³-hybridized carbons (Fsp3) is 0.273. The summed E-state index contributed by atoms with van der Waals surface area (Å²) in [6.07, 6.45) is 0.519. The molecule has 0 N–H and O–H groups in total. The smallest absolute Gasteiger partial charge is 0.339 e. The van der Waals surface area contributed by atoms with Gasteiger partial charge in [-0.1, -0.05) is 11.6 Å². The molecule has 5 heteroatoms. The van der Waals surface area contributed by atoms with Gasteiger partial charge in [0.05, 0.1) is 17.7 Å². The summed E-state index contributed by atoms with van der Waals surface area (Å²) in [5.41, 5.74) is 0.916. The number of hydrogen-bond donors (Lipinski definition) is 0. The molecule has 84 valence electrons. The summed E-state index contributed by atoms with van der Waals surface area (Å²) in [5, 5.41) is 0.265. The van der Waals surface area contributed by atoms with Crippen molar-refractivity contribution in [3.63, 3.8) is 0 Å². The van der Waals surface area contributed by atoms with E-state index in [4.69, 9.17) is 11.6 Å².